The van der Waals surface area contributed by atoms with Gasteiger partial charge >= 0.3 is 0 Å². The van der Waals surface area contributed by atoms with Gasteiger partial charge in [0.1, 0.15) is 5.82 Å². The van der Waals surface area contributed by atoms with Gasteiger partial charge in [0, 0.05) is 34.0 Å². The van der Waals surface area contributed by atoms with Crippen molar-refractivity contribution < 1.29 is 9.59 Å². The van der Waals surface area contributed by atoms with E-state index in [2.05, 4.69) is 25.6 Å². The Balaban J connectivity index is 1.50. The number of nitrogens with zero attached hydrogens (tertiary/aromatic N) is 3. The molecule has 0 saturated carbocycles. The van der Waals surface area contributed by atoms with Crippen LogP contribution in [-0.4, -0.2) is 26.8 Å². The number of aromatic nitrogens is 3. The maximum absolute atomic E-state index is 12.6. The van der Waals surface area contributed by atoms with Crippen molar-refractivity contribution in [3.05, 3.63) is 83.4 Å². The fourth-order valence-corrected chi connectivity index (χ4v) is 3.00. The van der Waals surface area contributed by atoms with Crippen molar-refractivity contribution in [2.45, 2.75) is 6.92 Å². The van der Waals surface area contributed by atoms with Gasteiger partial charge in [-0.15, -0.1) is 0 Å². The Morgan fingerprint density at radius 3 is 2.73 bits per heavy atom. The Hall–Kier alpha value is -4.51. The van der Waals surface area contributed by atoms with E-state index in [-0.39, 0.29) is 17.5 Å². The van der Waals surface area contributed by atoms with Crippen LogP contribution in [-0.2, 0) is 0 Å². The van der Waals surface area contributed by atoms with E-state index in [4.69, 9.17) is 5.26 Å². The number of carbonyl (C=O) groups excluding carboxylic acids is 2. The summed E-state index contributed by atoms with van der Waals surface area (Å²) in [7, 11) is 0. The largest absolute Gasteiger partial charge is 0.359 e. The van der Waals surface area contributed by atoms with Crippen LogP contribution in [0.4, 0.5) is 11.5 Å². The normalized spacial score (nSPS) is 10.4. The Labute approximate surface area is 171 Å². The lowest BCUT2D eigenvalue weighted by Gasteiger charge is -2.07. The van der Waals surface area contributed by atoms with Gasteiger partial charge in [0.15, 0.2) is 0 Å². The average molecular weight is 396 g/mol. The van der Waals surface area contributed by atoms with Crippen LogP contribution >= 0.6 is 0 Å². The molecule has 0 spiro atoms. The molecular formula is C22H16N6O2. The standard InChI is InChI=1S/C22H16N6O2/c1-13-9-16-11-15(5-6-18(16)25-13)21(29)28-19-7-8-24-20(27-19)22(30)26-17-4-2-3-14(10-17)12-23/h2-11,25H,1H3,(H,26,30)(H,24,27,28,29). The molecule has 2 aromatic carbocycles. The number of amides is 2. The van der Waals surface area contributed by atoms with Crippen molar-refractivity contribution in [3.8, 4) is 6.07 Å². The lowest BCUT2D eigenvalue weighted by molar-refractivity contribution is 0.100. The molecule has 0 saturated heterocycles. The van der Waals surface area contributed by atoms with Gasteiger partial charge in [0.05, 0.1) is 11.6 Å². The van der Waals surface area contributed by atoms with Crippen LogP contribution in [0.5, 0.6) is 0 Å². The fourth-order valence-electron chi connectivity index (χ4n) is 3.00. The Morgan fingerprint density at radius 1 is 1.03 bits per heavy atom. The van der Waals surface area contributed by atoms with Gasteiger partial charge in [-0.05, 0) is 55.5 Å². The first-order valence-corrected chi connectivity index (χ1v) is 9.07. The van der Waals surface area contributed by atoms with Gasteiger partial charge in [-0.25, -0.2) is 9.97 Å². The van der Waals surface area contributed by atoms with Crippen LogP contribution in [0.2, 0.25) is 0 Å². The number of aryl methyl sites for hydroxylation is 1. The first-order valence-electron chi connectivity index (χ1n) is 9.07. The van der Waals surface area contributed by atoms with Crippen LogP contribution < -0.4 is 10.6 Å². The third kappa shape index (κ3) is 4.00. The van der Waals surface area contributed by atoms with Crippen molar-refractivity contribution in [3.63, 3.8) is 0 Å². The molecule has 0 radical (unpaired) electrons. The second-order valence-corrected chi connectivity index (χ2v) is 6.62. The summed E-state index contributed by atoms with van der Waals surface area (Å²) in [6.07, 6.45) is 1.39. The second-order valence-electron chi connectivity index (χ2n) is 6.62. The smallest absolute Gasteiger partial charge is 0.293 e. The lowest BCUT2D eigenvalue weighted by atomic mass is 10.1. The molecule has 0 bridgehead atoms. The van der Waals surface area contributed by atoms with Gasteiger partial charge in [-0.1, -0.05) is 6.07 Å². The zero-order chi connectivity index (χ0) is 21.1. The van der Waals surface area contributed by atoms with E-state index < -0.39 is 5.91 Å². The van der Waals surface area contributed by atoms with Crippen molar-refractivity contribution in [2.24, 2.45) is 0 Å². The minimum atomic E-state index is -0.551. The first kappa shape index (κ1) is 18.8. The molecule has 8 heteroatoms. The molecule has 0 unspecified atom stereocenters. The molecule has 0 atom stereocenters. The van der Waals surface area contributed by atoms with E-state index in [1.165, 1.54) is 12.3 Å². The summed E-state index contributed by atoms with van der Waals surface area (Å²) >= 11 is 0. The molecule has 2 amide bonds. The summed E-state index contributed by atoms with van der Waals surface area (Å²) in [4.78, 5) is 36.3. The minimum absolute atomic E-state index is 0.105. The van der Waals surface area contributed by atoms with E-state index in [1.807, 2.05) is 25.1 Å². The third-order valence-electron chi connectivity index (χ3n) is 4.37. The van der Waals surface area contributed by atoms with Crippen LogP contribution in [0, 0.1) is 18.3 Å². The number of benzene rings is 2. The van der Waals surface area contributed by atoms with Crippen molar-refractivity contribution >= 4 is 34.2 Å². The van der Waals surface area contributed by atoms with Crippen LogP contribution in [0.1, 0.15) is 32.2 Å². The molecule has 0 fully saturated rings. The monoisotopic (exact) mass is 396 g/mol. The highest BCUT2D eigenvalue weighted by molar-refractivity contribution is 6.06. The van der Waals surface area contributed by atoms with Crippen molar-refractivity contribution in [1.29, 1.82) is 5.26 Å². The first-order chi connectivity index (χ1) is 14.5. The molecule has 4 aromatic rings. The molecule has 2 aromatic heterocycles. The maximum atomic E-state index is 12.6. The molecule has 30 heavy (non-hydrogen) atoms. The highest BCUT2D eigenvalue weighted by Crippen LogP contribution is 2.18. The second kappa shape index (κ2) is 7.85. The summed E-state index contributed by atoms with van der Waals surface area (Å²) in [5.74, 6) is -0.795. The number of H-pyrrole nitrogens is 1. The number of carbonyl (C=O) groups is 2. The molecule has 0 aliphatic rings. The van der Waals surface area contributed by atoms with Crippen LogP contribution in [0.3, 0.4) is 0 Å². The minimum Gasteiger partial charge on any atom is -0.359 e. The third-order valence-corrected chi connectivity index (χ3v) is 4.37. The van der Waals surface area contributed by atoms with Gasteiger partial charge < -0.3 is 15.6 Å². The van der Waals surface area contributed by atoms with E-state index in [0.717, 1.165) is 16.6 Å². The summed E-state index contributed by atoms with van der Waals surface area (Å²) in [5.41, 5.74) is 3.30. The summed E-state index contributed by atoms with van der Waals surface area (Å²) in [6.45, 7) is 1.95. The molecular weight excluding hydrogens is 380 g/mol. The molecule has 146 valence electrons. The average Bonchev–Trinajstić information content (AvgIpc) is 3.13. The molecule has 3 N–H and O–H groups in total. The lowest BCUT2D eigenvalue weighted by Crippen LogP contribution is -2.18. The van der Waals surface area contributed by atoms with Gasteiger partial charge in [-0.3, -0.25) is 9.59 Å². The predicted octanol–water partition coefficient (Wildman–Crippen LogP) is 3.64. The SMILES string of the molecule is Cc1cc2cc(C(=O)Nc3ccnc(C(=O)Nc4cccc(C#N)c4)n3)ccc2[nH]1. The summed E-state index contributed by atoms with van der Waals surface area (Å²) < 4.78 is 0. The van der Waals surface area contributed by atoms with E-state index >= 15 is 0 Å². The van der Waals surface area contributed by atoms with Crippen molar-refractivity contribution in [1.82, 2.24) is 15.0 Å². The van der Waals surface area contributed by atoms with Crippen LogP contribution in [0.25, 0.3) is 10.9 Å². The Kier molecular flexibility index (Phi) is 4.93. The number of anilines is 2. The Morgan fingerprint density at radius 2 is 1.90 bits per heavy atom. The molecule has 2 heterocycles. The molecule has 4 rings (SSSR count). The number of rotatable bonds is 4. The molecule has 8 nitrogen and oxygen atoms in total. The van der Waals surface area contributed by atoms with Crippen LogP contribution in [0.15, 0.2) is 60.8 Å². The van der Waals surface area contributed by atoms with E-state index in [0.29, 0.717) is 16.8 Å². The summed E-state index contributed by atoms with van der Waals surface area (Å²) in [6, 6.07) is 17.3. The van der Waals surface area contributed by atoms with Gasteiger partial charge in [0.2, 0.25) is 5.82 Å². The number of nitriles is 1. The molecule has 0 aliphatic carbocycles. The number of fused-ring (bicyclic) bond motifs is 1. The highest BCUT2D eigenvalue weighted by atomic mass is 16.2. The van der Waals surface area contributed by atoms with Crippen molar-refractivity contribution in [2.75, 3.05) is 10.6 Å². The summed E-state index contributed by atoms with van der Waals surface area (Å²) in [5, 5.41) is 15.2. The topological polar surface area (TPSA) is 124 Å². The number of hydrogen-bond donors (Lipinski definition) is 3. The Bertz CT molecular complexity index is 1320. The van der Waals surface area contributed by atoms with E-state index in [1.54, 1.807) is 36.4 Å². The molecule has 0 aliphatic heterocycles. The quantitative estimate of drug-likeness (QED) is 0.486. The zero-order valence-corrected chi connectivity index (χ0v) is 15.9. The van der Waals surface area contributed by atoms with Gasteiger partial charge in [-0.2, -0.15) is 5.26 Å². The predicted molar refractivity (Wildman–Crippen MR) is 112 cm³/mol. The zero-order valence-electron chi connectivity index (χ0n) is 15.9. The number of hydrogen-bond acceptors (Lipinski definition) is 5. The number of aromatic amines is 1. The highest BCUT2D eigenvalue weighted by Gasteiger charge is 2.13. The van der Waals surface area contributed by atoms with Gasteiger partial charge in [0.25, 0.3) is 11.8 Å². The number of nitrogens with one attached hydrogen (secondary N) is 3. The van der Waals surface area contributed by atoms with E-state index in [9.17, 15) is 9.59 Å². The fraction of sp³-hybridized carbons (Fsp3) is 0.0455. The maximum Gasteiger partial charge on any atom is 0.293 e.